The Kier molecular flexibility index (Phi) is 3.81. The van der Waals surface area contributed by atoms with Gasteiger partial charge in [0.1, 0.15) is 0 Å². The number of allylic oxidation sites excluding steroid dienone is 6. The second kappa shape index (κ2) is 5.12. The van der Waals surface area contributed by atoms with Crippen LogP contribution in [0.25, 0.3) is 0 Å². The zero-order chi connectivity index (χ0) is 9.80. The van der Waals surface area contributed by atoms with Crippen LogP contribution in [0.4, 0.5) is 0 Å². The van der Waals surface area contributed by atoms with E-state index in [4.69, 9.17) is 0 Å². The van der Waals surface area contributed by atoms with Crippen molar-refractivity contribution >= 4 is 22.9 Å². The van der Waals surface area contributed by atoms with Crippen LogP contribution in [0.5, 0.6) is 0 Å². The summed E-state index contributed by atoms with van der Waals surface area (Å²) in [5.74, 6) is 0.876. The summed E-state index contributed by atoms with van der Waals surface area (Å²) in [5, 5.41) is 0. The van der Waals surface area contributed by atoms with Gasteiger partial charge in [-0.1, -0.05) is 36.0 Å². The molecule has 1 unspecified atom stereocenters. The molecule has 1 heterocycles. The molecule has 0 aromatic rings. The average molecular weight is 301 g/mol. The van der Waals surface area contributed by atoms with Gasteiger partial charge < -0.3 is 0 Å². The third-order valence-corrected chi connectivity index (χ3v) is 3.71. The molecular formula is C12H16IN. The number of nitrogens with zero attached hydrogens (tertiary/aromatic N) is 1. The van der Waals surface area contributed by atoms with Crippen LogP contribution in [0.3, 0.4) is 0 Å². The molecule has 2 heteroatoms. The normalized spacial score (nSPS) is 27.8. The van der Waals surface area contributed by atoms with Crippen molar-refractivity contribution in [3.63, 3.8) is 0 Å². The van der Waals surface area contributed by atoms with Crippen molar-refractivity contribution in [3.05, 3.63) is 36.0 Å². The summed E-state index contributed by atoms with van der Waals surface area (Å²) >= 11 is 2.43. The number of hydrogen-bond donors (Lipinski definition) is 0. The third-order valence-electron chi connectivity index (χ3n) is 2.83. The Hall–Kier alpha value is -0.0900. The summed E-state index contributed by atoms with van der Waals surface area (Å²) in [4.78, 5) is 0. The molecule has 1 atom stereocenters. The third kappa shape index (κ3) is 2.95. The molecule has 0 aromatic heterocycles. The van der Waals surface area contributed by atoms with Crippen LogP contribution in [0, 0.1) is 5.92 Å². The molecule has 0 radical (unpaired) electrons. The van der Waals surface area contributed by atoms with E-state index in [0.29, 0.717) is 0 Å². The second-order valence-corrected chi connectivity index (χ2v) is 5.39. The fraction of sp³-hybridized carbons (Fsp3) is 0.500. The minimum atomic E-state index is 0.876. The van der Waals surface area contributed by atoms with Crippen molar-refractivity contribution in [1.29, 1.82) is 0 Å². The summed E-state index contributed by atoms with van der Waals surface area (Å²) in [7, 11) is 0. The topological polar surface area (TPSA) is 3.24 Å². The maximum absolute atomic E-state index is 2.43. The molecule has 14 heavy (non-hydrogen) atoms. The lowest BCUT2D eigenvalue weighted by atomic mass is 9.98. The van der Waals surface area contributed by atoms with Gasteiger partial charge in [0.15, 0.2) is 0 Å². The van der Waals surface area contributed by atoms with E-state index in [9.17, 15) is 0 Å². The van der Waals surface area contributed by atoms with Crippen molar-refractivity contribution in [1.82, 2.24) is 3.11 Å². The van der Waals surface area contributed by atoms with E-state index in [2.05, 4.69) is 56.4 Å². The Bertz CT molecular complexity index is 278. The van der Waals surface area contributed by atoms with Gasteiger partial charge in [-0.15, -0.1) is 0 Å². The van der Waals surface area contributed by atoms with Gasteiger partial charge in [-0.3, -0.25) is 0 Å². The van der Waals surface area contributed by atoms with E-state index < -0.39 is 0 Å². The van der Waals surface area contributed by atoms with Gasteiger partial charge in [0.25, 0.3) is 0 Å². The van der Waals surface area contributed by atoms with E-state index in [1.165, 1.54) is 31.5 Å². The van der Waals surface area contributed by atoms with Gasteiger partial charge >= 0.3 is 0 Å². The lowest BCUT2D eigenvalue weighted by Crippen LogP contribution is -2.07. The molecule has 1 saturated heterocycles. The molecule has 0 amide bonds. The largest absolute Gasteiger partial charge is 0.247 e. The molecule has 1 aliphatic carbocycles. The number of halogens is 1. The summed E-state index contributed by atoms with van der Waals surface area (Å²) in [6, 6.07) is 0. The molecule has 0 spiro atoms. The molecule has 0 aromatic carbocycles. The molecule has 1 fully saturated rings. The van der Waals surface area contributed by atoms with Crippen molar-refractivity contribution in [2.75, 3.05) is 13.1 Å². The van der Waals surface area contributed by atoms with Crippen molar-refractivity contribution in [2.45, 2.75) is 19.3 Å². The molecule has 0 saturated carbocycles. The first kappa shape index (κ1) is 10.4. The molecule has 76 valence electrons. The van der Waals surface area contributed by atoms with E-state index in [1.54, 1.807) is 0 Å². The average Bonchev–Trinajstić information content (AvgIpc) is 2.43. The maximum atomic E-state index is 2.43. The van der Waals surface area contributed by atoms with Gasteiger partial charge in [0.05, 0.1) is 0 Å². The van der Waals surface area contributed by atoms with Crippen molar-refractivity contribution < 1.29 is 0 Å². The lowest BCUT2D eigenvalue weighted by Gasteiger charge is -2.09. The summed E-state index contributed by atoms with van der Waals surface area (Å²) in [6.07, 6.45) is 14.9. The molecule has 0 N–H and O–H groups in total. The van der Waals surface area contributed by atoms with Crippen LogP contribution in [-0.4, -0.2) is 16.2 Å². The monoisotopic (exact) mass is 301 g/mol. The van der Waals surface area contributed by atoms with E-state index in [1.807, 2.05) is 0 Å². The fourth-order valence-electron chi connectivity index (χ4n) is 2.06. The predicted octanol–water partition coefficient (Wildman–Crippen LogP) is 3.49. The fourth-order valence-corrected chi connectivity index (χ4v) is 2.90. The SMILES string of the molecule is IN1CCC(CC2=CCC=CC=C2)C1. The molecule has 2 aliphatic rings. The van der Waals surface area contributed by atoms with Crippen LogP contribution in [0.2, 0.25) is 0 Å². The summed E-state index contributed by atoms with van der Waals surface area (Å²) in [5.41, 5.74) is 1.52. The smallest absolute Gasteiger partial charge is 0.0201 e. The maximum Gasteiger partial charge on any atom is 0.0201 e. The van der Waals surface area contributed by atoms with Crippen molar-refractivity contribution in [2.24, 2.45) is 5.92 Å². The number of hydrogen-bond acceptors (Lipinski definition) is 1. The minimum Gasteiger partial charge on any atom is -0.247 e. The lowest BCUT2D eigenvalue weighted by molar-refractivity contribution is 0.543. The van der Waals surface area contributed by atoms with Gasteiger partial charge in [0, 0.05) is 36.0 Å². The van der Waals surface area contributed by atoms with E-state index in [-0.39, 0.29) is 0 Å². The van der Waals surface area contributed by atoms with Crippen LogP contribution in [-0.2, 0) is 0 Å². The predicted molar refractivity (Wildman–Crippen MR) is 69.3 cm³/mol. The Morgan fingerprint density at radius 3 is 3.14 bits per heavy atom. The first-order valence-electron chi connectivity index (χ1n) is 5.27. The van der Waals surface area contributed by atoms with Crippen LogP contribution >= 0.6 is 22.9 Å². The number of rotatable bonds is 2. The van der Waals surface area contributed by atoms with Gasteiger partial charge in [0.2, 0.25) is 0 Å². The standard InChI is InChI=1S/C12H16IN/c13-14-8-7-12(10-14)9-11-5-3-1-2-4-6-11/h1-3,5-6,12H,4,7-10H2. The first-order valence-corrected chi connectivity index (χ1v) is 6.24. The minimum absolute atomic E-state index is 0.876. The van der Waals surface area contributed by atoms with Crippen LogP contribution < -0.4 is 0 Å². The Morgan fingerprint density at radius 2 is 2.36 bits per heavy atom. The van der Waals surface area contributed by atoms with Crippen LogP contribution in [0.1, 0.15) is 19.3 Å². The second-order valence-electron chi connectivity index (χ2n) is 4.03. The van der Waals surface area contributed by atoms with E-state index >= 15 is 0 Å². The molecule has 1 nitrogen and oxygen atoms in total. The Labute approximate surface area is 100 Å². The van der Waals surface area contributed by atoms with Crippen molar-refractivity contribution in [3.8, 4) is 0 Å². The molecule has 2 rings (SSSR count). The van der Waals surface area contributed by atoms with Gasteiger partial charge in [-0.05, 0) is 25.2 Å². The highest BCUT2D eigenvalue weighted by Crippen LogP contribution is 2.26. The zero-order valence-corrected chi connectivity index (χ0v) is 10.5. The van der Waals surface area contributed by atoms with Gasteiger partial charge in [-0.25, -0.2) is 3.11 Å². The first-order chi connectivity index (χ1) is 6.84. The summed E-state index contributed by atoms with van der Waals surface area (Å²) in [6.45, 7) is 2.53. The highest BCUT2D eigenvalue weighted by atomic mass is 127. The van der Waals surface area contributed by atoms with Crippen LogP contribution in [0.15, 0.2) is 36.0 Å². The Balaban J connectivity index is 1.88. The molecular weight excluding hydrogens is 285 g/mol. The van der Waals surface area contributed by atoms with Gasteiger partial charge in [-0.2, -0.15) is 0 Å². The van der Waals surface area contributed by atoms with E-state index in [0.717, 1.165) is 12.3 Å². The molecule has 0 bridgehead atoms. The zero-order valence-electron chi connectivity index (χ0n) is 8.32. The summed E-state index contributed by atoms with van der Waals surface area (Å²) < 4.78 is 2.40. The quantitative estimate of drug-likeness (QED) is 0.557. The molecule has 1 aliphatic heterocycles. The highest BCUT2D eigenvalue weighted by Gasteiger charge is 2.20. The Morgan fingerprint density at radius 1 is 1.43 bits per heavy atom. The highest BCUT2D eigenvalue weighted by molar-refractivity contribution is 14.1.